The van der Waals surface area contributed by atoms with E-state index in [-0.39, 0.29) is 18.3 Å². The Kier molecular flexibility index (Phi) is 6.15. The van der Waals surface area contributed by atoms with Gasteiger partial charge in [0.2, 0.25) is 5.91 Å². The highest BCUT2D eigenvalue weighted by Crippen LogP contribution is 2.18. The predicted molar refractivity (Wildman–Crippen MR) is 111 cm³/mol. The van der Waals surface area contributed by atoms with E-state index in [4.69, 9.17) is 4.74 Å². The van der Waals surface area contributed by atoms with Crippen molar-refractivity contribution in [3.63, 3.8) is 0 Å². The maximum Gasteiger partial charge on any atom is 0.320 e. The third-order valence-corrected chi connectivity index (χ3v) is 4.77. The van der Waals surface area contributed by atoms with Crippen molar-refractivity contribution in [2.45, 2.75) is 26.4 Å². The average molecular weight is 411 g/mol. The highest BCUT2D eigenvalue weighted by atomic mass is 19.1. The summed E-state index contributed by atoms with van der Waals surface area (Å²) in [6.45, 7) is 3.20. The number of carbonyl (C=O) groups is 1. The van der Waals surface area contributed by atoms with E-state index in [0.29, 0.717) is 11.3 Å². The topological polar surface area (TPSA) is 82.3 Å². The first-order valence-electron chi connectivity index (χ1n) is 9.32. The number of aromatic nitrogens is 2. The Labute approximate surface area is 172 Å². The second-order valence-electron chi connectivity index (χ2n) is 6.90. The van der Waals surface area contributed by atoms with Gasteiger partial charge in [-0.1, -0.05) is 18.2 Å². The van der Waals surface area contributed by atoms with E-state index in [1.165, 1.54) is 30.6 Å². The Hall–Kier alpha value is -3.68. The molecule has 0 aliphatic carbocycles. The summed E-state index contributed by atoms with van der Waals surface area (Å²) >= 11 is 0. The molecule has 1 amide bonds. The van der Waals surface area contributed by atoms with E-state index < -0.39 is 22.8 Å². The van der Waals surface area contributed by atoms with Gasteiger partial charge in [0.05, 0.1) is 18.8 Å². The minimum absolute atomic E-state index is 0.278. The van der Waals surface area contributed by atoms with Crippen LogP contribution in [0.25, 0.3) is 5.69 Å². The van der Waals surface area contributed by atoms with Gasteiger partial charge in [-0.15, -0.1) is 0 Å². The molecule has 1 heterocycles. The molecule has 8 heteroatoms. The first-order chi connectivity index (χ1) is 14.3. The van der Waals surface area contributed by atoms with E-state index in [9.17, 15) is 18.8 Å². The van der Waals surface area contributed by atoms with Gasteiger partial charge < -0.3 is 10.1 Å². The number of amides is 1. The van der Waals surface area contributed by atoms with Crippen molar-refractivity contribution in [3.8, 4) is 11.4 Å². The molecule has 1 N–H and O–H groups in total. The normalized spacial score (nSPS) is 11.7. The van der Waals surface area contributed by atoms with E-state index in [1.807, 2.05) is 12.1 Å². The standard InChI is InChI=1S/C22H22FN3O4/c1-14-7-8-17(23)12-19(14)26-10-9-25(21(28)22(26)29)13-20(27)24-15(2)16-5-4-6-18(11-16)30-3/h4-12,15H,13H2,1-3H3,(H,24,27). The summed E-state index contributed by atoms with van der Waals surface area (Å²) in [7, 11) is 1.56. The van der Waals surface area contributed by atoms with Crippen LogP contribution in [0, 0.1) is 12.7 Å². The van der Waals surface area contributed by atoms with Gasteiger partial charge in [0.25, 0.3) is 0 Å². The zero-order valence-corrected chi connectivity index (χ0v) is 16.9. The Morgan fingerprint density at radius 1 is 1.13 bits per heavy atom. The Balaban J connectivity index is 1.79. The molecule has 0 aliphatic heterocycles. The maximum atomic E-state index is 13.6. The number of hydrogen-bond acceptors (Lipinski definition) is 4. The lowest BCUT2D eigenvalue weighted by Gasteiger charge is -2.16. The first kappa shape index (κ1) is 21.0. The van der Waals surface area contributed by atoms with E-state index in [1.54, 1.807) is 33.1 Å². The van der Waals surface area contributed by atoms with Crippen LogP contribution in [0.1, 0.15) is 24.1 Å². The summed E-state index contributed by atoms with van der Waals surface area (Å²) in [5.74, 6) is -0.273. The van der Waals surface area contributed by atoms with Crippen LogP contribution >= 0.6 is 0 Å². The summed E-state index contributed by atoms with van der Waals surface area (Å²) < 4.78 is 20.9. The van der Waals surface area contributed by atoms with Crippen LogP contribution in [-0.2, 0) is 11.3 Å². The van der Waals surface area contributed by atoms with Gasteiger partial charge in [-0.05, 0) is 49.2 Å². The van der Waals surface area contributed by atoms with Crippen molar-refractivity contribution in [1.82, 2.24) is 14.5 Å². The number of methoxy groups -OCH3 is 1. The number of hydrogen-bond donors (Lipinski definition) is 1. The zero-order valence-electron chi connectivity index (χ0n) is 16.9. The summed E-state index contributed by atoms with van der Waals surface area (Å²) in [4.78, 5) is 37.4. The summed E-state index contributed by atoms with van der Waals surface area (Å²) in [6, 6.07) is 10.9. The molecule has 0 saturated carbocycles. The molecule has 0 bridgehead atoms. The van der Waals surface area contributed by atoms with Crippen LogP contribution in [0.4, 0.5) is 4.39 Å². The number of halogens is 1. The zero-order chi connectivity index (χ0) is 21.8. The number of nitrogens with zero attached hydrogens (tertiary/aromatic N) is 2. The highest BCUT2D eigenvalue weighted by molar-refractivity contribution is 5.76. The molecule has 1 atom stereocenters. The second kappa shape index (κ2) is 8.77. The van der Waals surface area contributed by atoms with E-state index in [2.05, 4.69) is 5.32 Å². The molecule has 0 radical (unpaired) electrons. The Bertz CT molecular complexity index is 1200. The lowest BCUT2D eigenvalue weighted by Crippen LogP contribution is -2.43. The maximum absolute atomic E-state index is 13.6. The summed E-state index contributed by atoms with van der Waals surface area (Å²) in [5.41, 5.74) is 0.0260. The fraction of sp³-hybridized carbons (Fsp3) is 0.227. The smallest absolute Gasteiger partial charge is 0.320 e. The van der Waals surface area contributed by atoms with Crippen LogP contribution in [0.2, 0.25) is 0 Å². The van der Waals surface area contributed by atoms with Crippen molar-refractivity contribution in [1.29, 1.82) is 0 Å². The molecule has 7 nitrogen and oxygen atoms in total. The number of ether oxygens (including phenoxy) is 1. The largest absolute Gasteiger partial charge is 0.497 e. The van der Waals surface area contributed by atoms with Gasteiger partial charge in [0, 0.05) is 12.4 Å². The van der Waals surface area contributed by atoms with Gasteiger partial charge in [0.1, 0.15) is 18.1 Å². The molecular weight excluding hydrogens is 389 g/mol. The molecule has 0 saturated heterocycles. The van der Waals surface area contributed by atoms with Gasteiger partial charge in [-0.25, -0.2) is 4.39 Å². The molecular formula is C22H22FN3O4. The van der Waals surface area contributed by atoms with Crippen LogP contribution in [0.15, 0.2) is 64.4 Å². The number of rotatable bonds is 6. The summed E-state index contributed by atoms with van der Waals surface area (Å²) in [5, 5.41) is 2.79. The molecule has 0 spiro atoms. The molecule has 1 unspecified atom stereocenters. The SMILES string of the molecule is COc1cccc(C(C)NC(=O)Cn2ccn(-c3cc(F)ccc3C)c(=O)c2=O)c1. The minimum Gasteiger partial charge on any atom is -0.497 e. The lowest BCUT2D eigenvalue weighted by molar-refractivity contribution is -0.122. The molecule has 3 aromatic rings. The van der Waals surface area contributed by atoms with Gasteiger partial charge in [-0.3, -0.25) is 23.5 Å². The third kappa shape index (κ3) is 4.48. The third-order valence-electron chi connectivity index (χ3n) is 4.77. The number of carbonyl (C=O) groups excluding carboxylic acids is 1. The van der Waals surface area contributed by atoms with Gasteiger partial charge >= 0.3 is 11.1 Å². The van der Waals surface area contributed by atoms with Crippen molar-refractivity contribution >= 4 is 5.91 Å². The number of aryl methyl sites for hydroxylation is 1. The number of benzene rings is 2. The predicted octanol–water partition coefficient (Wildman–Crippen LogP) is 2.33. The lowest BCUT2D eigenvalue weighted by atomic mass is 10.1. The molecule has 0 aliphatic rings. The van der Waals surface area contributed by atoms with Crippen molar-refractivity contribution < 1.29 is 13.9 Å². The molecule has 1 aromatic heterocycles. The van der Waals surface area contributed by atoms with Crippen LogP contribution in [0.5, 0.6) is 5.75 Å². The molecule has 3 rings (SSSR count). The van der Waals surface area contributed by atoms with Gasteiger partial charge in [-0.2, -0.15) is 0 Å². The Morgan fingerprint density at radius 3 is 2.63 bits per heavy atom. The molecule has 30 heavy (non-hydrogen) atoms. The fourth-order valence-corrected chi connectivity index (χ4v) is 3.10. The van der Waals surface area contributed by atoms with Crippen LogP contribution in [-0.4, -0.2) is 22.2 Å². The molecule has 156 valence electrons. The minimum atomic E-state index is -0.870. The fourth-order valence-electron chi connectivity index (χ4n) is 3.10. The van der Waals surface area contributed by atoms with Crippen LogP contribution in [0.3, 0.4) is 0 Å². The molecule has 0 fully saturated rings. The van der Waals surface area contributed by atoms with Crippen molar-refractivity contribution in [3.05, 3.63) is 92.5 Å². The van der Waals surface area contributed by atoms with E-state index in [0.717, 1.165) is 14.7 Å². The van der Waals surface area contributed by atoms with Crippen molar-refractivity contribution in [2.75, 3.05) is 7.11 Å². The quantitative estimate of drug-likeness (QED) is 0.631. The highest BCUT2D eigenvalue weighted by Gasteiger charge is 2.14. The Morgan fingerprint density at radius 2 is 1.90 bits per heavy atom. The van der Waals surface area contributed by atoms with Crippen LogP contribution < -0.4 is 21.2 Å². The average Bonchev–Trinajstić information content (AvgIpc) is 2.73. The summed E-state index contributed by atoms with van der Waals surface area (Å²) in [6.07, 6.45) is 2.69. The number of nitrogens with one attached hydrogen (secondary N) is 1. The molecule has 2 aromatic carbocycles. The second-order valence-corrected chi connectivity index (χ2v) is 6.90. The first-order valence-corrected chi connectivity index (χ1v) is 9.32. The van der Waals surface area contributed by atoms with Crippen molar-refractivity contribution in [2.24, 2.45) is 0 Å². The monoisotopic (exact) mass is 411 g/mol. The van der Waals surface area contributed by atoms with E-state index >= 15 is 0 Å². The van der Waals surface area contributed by atoms with Gasteiger partial charge in [0.15, 0.2) is 0 Å².